The van der Waals surface area contributed by atoms with Crippen molar-refractivity contribution in [2.45, 2.75) is 39.3 Å². The summed E-state index contributed by atoms with van der Waals surface area (Å²) < 4.78 is 29.4. The second kappa shape index (κ2) is 5.55. The van der Waals surface area contributed by atoms with E-state index < -0.39 is 11.6 Å². The standard InChI is InChI=1S/C17H18F2N2O/c1-10-8-11(2)21(16(10)17(22)20-12-6-7-12)9-13-14(18)4-3-5-15(13)19/h3-5,8,12H,6-7,9H2,1-2H3,(H,20,22). The zero-order valence-corrected chi connectivity index (χ0v) is 12.6. The van der Waals surface area contributed by atoms with Crippen LogP contribution in [-0.2, 0) is 6.54 Å². The van der Waals surface area contributed by atoms with Gasteiger partial charge in [0.1, 0.15) is 17.3 Å². The quantitative estimate of drug-likeness (QED) is 0.923. The maximum atomic E-state index is 13.9. The fourth-order valence-corrected chi connectivity index (χ4v) is 2.68. The third-order valence-electron chi connectivity index (χ3n) is 4.00. The van der Waals surface area contributed by atoms with Gasteiger partial charge in [0.25, 0.3) is 5.91 Å². The predicted octanol–water partition coefficient (Wildman–Crippen LogP) is 3.32. The molecule has 1 saturated carbocycles. The normalized spacial score (nSPS) is 14.2. The number of carbonyl (C=O) groups excluding carboxylic acids is 1. The molecule has 0 aliphatic heterocycles. The third kappa shape index (κ3) is 2.75. The van der Waals surface area contributed by atoms with Crippen molar-refractivity contribution < 1.29 is 13.6 Å². The molecule has 1 aliphatic carbocycles. The number of amides is 1. The summed E-state index contributed by atoms with van der Waals surface area (Å²) in [6.07, 6.45) is 1.98. The number of rotatable bonds is 4. The Morgan fingerprint density at radius 2 is 1.91 bits per heavy atom. The SMILES string of the molecule is Cc1cc(C)n(Cc2c(F)cccc2F)c1C(=O)NC1CC1. The lowest BCUT2D eigenvalue weighted by molar-refractivity contribution is 0.0941. The molecule has 22 heavy (non-hydrogen) atoms. The first-order valence-corrected chi connectivity index (χ1v) is 7.38. The van der Waals surface area contributed by atoms with Gasteiger partial charge in [0.15, 0.2) is 0 Å². The van der Waals surface area contributed by atoms with E-state index in [2.05, 4.69) is 5.32 Å². The summed E-state index contributed by atoms with van der Waals surface area (Å²) in [5, 5.41) is 2.93. The molecule has 0 unspecified atom stereocenters. The molecule has 1 aliphatic rings. The van der Waals surface area contributed by atoms with E-state index in [1.54, 1.807) is 4.57 Å². The Bertz CT molecular complexity index is 712. The Labute approximate surface area is 127 Å². The fraction of sp³-hybridized carbons (Fsp3) is 0.353. The van der Waals surface area contributed by atoms with Crippen LogP contribution in [0.3, 0.4) is 0 Å². The van der Waals surface area contributed by atoms with E-state index in [0.717, 1.165) is 24.1 Å². The number of benzene rings is 1. The summed E-state index contributed by atoms with van der Waals surface area (Å²) in [6.45, 7) is 3.67. The molecule has 5 heteroatoms. The van der Waals surface area contributed by atoms with Crippen LogP contribution >= 0.6 is 0 Å². The average molecular weight is 304 g/mol. The number of aromatic nitrogens is 1. The Hall–Kier alpha value is -2.17. The number of halogens is 2. The lowest BCUT2D eigenvalue weighted by Gasteiger charge is -2.13. The first-order chi connectivity index (χ1) is 10.5. The van der Waals surface area contributed by atoms with Gasteiger partial charge in [0.2, 0.25) is 0 Å². The van der Waals surface area contributed by atoms with Crippen LogP contribution in [0, 0.1) is 25.5 Å². The molecule has 1 aromatic carbocycles. The van der Waals surface area contributed by atoms with Crippen LogP contribution in [0.5, 0.6) is 0 Å². The summed E-state index contributed by atoms with van der Waals surface area (Å²) in [4.78, 5) is 12.4. The van der Waals surface area contributed by atoms with Gasteiger partial charge in [-0.2, -0.15) is 0 Å². The van der Waals surface area contributed by atoms with Crippen molar-refractivity contribution in [1.29, 1.82) is 0 Å². The summed E-state index contributed by atoms with van der Waals surface area (Å²) >= 11 is 0. The van der Waals surface area contributed by atoms with Crippen molar-refractivity contribution in [3.05, 3.63) is 58.4 Å². The summed E-state index contributed by atoms with van der Waals surface area (Å²) in [5.41, 5.74) is 2.07. The molecule has 1 N–H and O–H groups in total. The molecule has 2 aromatic rings. The van der Waals surface area contributed by atoms with Crippen molar-refractivity contribution in [3.63, 3.8) is 0 Å². The van der Waals surface area contributed by atoms with Crippen LogP contribution < -0.4 is 5.32 Å². The smallest absolute Gasteiger partial charge is 0.268 e. The molecular formula is C17H18F2N2O. The van der Waals surface area contributed by atoms with Gasteiger partial charge >= 0.3 is 0 Å². The van der Waals surface area contributed by atoms with Crippen molar-refractivity contribution in [2.75, 3.05) is 0 Å². The van der Waals surface area contributed by atoms with Gasteiger partial charge < -0.3 is 9.88 Å². The number of nitrogens with zero attached hydrogens (tertiary/aromatic N) is 1. The van der Waals surface area contributed by atoms with Crippen LogP contribution in [0.4, 0.5) is 8.78 Å². The van der Waals surface area contributed by atoms with E-state index >= 15 is 0 Å². The van der Waals surface area contributed by atoms with Crippen molar-refractivity contribution in [3.8, 4) is 0 Å². The minimum atomic E-state index is -0.598. The molecule has 0 atom stereocenters. The Morgan fingerprint density at radius 3 is 2.50 bits per heavy atom. The molecule has 1 amide bonds. The van der Waals surface area contributed by atoms with Crippen LogP contribution in [0.25, 0.3) is 0 Å². The monoisotopic (exact) mass is 304 g/mol. The molecule has 116 valence electrons. The zero-order valence-electron chi connectivity index (χ0n) is 12.6. The van der Waals surface area contributed by atoms with Crippen LogP contribution in [-0.4, -0.2) is 16.5 Å². The molecule has 0 saturated heterocycles. The number of nitrogens with one attached hydrogen (secondary N) is 1. The Balaban J connectivity index is 1.97. The molecule has 3 rings (SSSR count). The molecule has 1 heterocycles. The van der Waals surface area contributed by atoms with E-state index in [-0.39, 0.29) is 24.1 Å². The highest BCUT2D eigenvalue weighted by molar-refractivity contribution is 5.94. The average Bonchev–Trinajstić information content (AvgIpc) is 3.20. The molecule has 0 spiro atoms. The van der Waals surface area contributed by atoms with Gasteiger partial charge in [-0.3, -0.25) is 4.79 Å². The fourth-order valence-electron chi connectivity index (χ4n) is 2.68. The van der Waals surface area contributed by atoms with Crippen molar-refractivity contribution >= 4 is 5.91 Å². The Morgan fingerprint density at radius 1 is 1.27 bits per heavy atom. The first kappa shape index (κ1) is 14.8. The Kier molecular flexibility index (Phi) is 3.72. The van der Waals surface area contributed by atoms with Gasteiger partial charge in [-0.15, -0.1) is 0 Å². The van der Waals surface area contributed by atoms with Crippen LogP contribution in [0.1, 0.15) is 40.2 Å². The number of hydrogen-bond donors (Lipinski definition) is 1. The van der Waals surface area contributed by atoms with E-state index in [0.29, 0.717) is 5.69 Å². The molecule has 3 nitrogen and oxygen atoms in total. The molecular weight excluding hydrogens is 286 g/mol. The first-order valence-electron chi connectivity index (χ1n) is 7.38. The number of hydrogen-bond acceptors (Lipinski definition) is 1. The minimum absolute atomic E-state index is 0.00556. The van der Waals surface area contributed by atoms with Crippen molar-refractivity contribution in [1.82, 2.24) is 9.88 Å². The lowest BCUT2D eigenvalue weighted by atomic mass is 10.2. The van der Waals surface area contributed by atoms with Gasteiger partial charge in [-0.1, -0.05) is 6.07 Å². The maximum Gasteiger partial charge on any atom is 0.268 e. The predicted molar refractivity (Wildman–Crippen MR) is 79.9 cm³/mol. The van der Waals surface area contributed by atoms with Crippen LogP contribution in [0.15, 0.2) is 24.3 Å². The number of carbonyl (C=O) groups is 1. The molecule has 1 aromatic heterocycles. The second-order valence-electron chi connectivity index (χ2n) is 5.85. The summed E-state index contributed by atoms with van der Waals surface area (Å²) in [7, 11) is 0. The van der Waals surface area contributed by atoms with E-state index in [1.165, 1.54) is 18.2 Å². The minimum Gasteiger partial charge on any atom is -0.348 e. The number of aryl methyl sites for hydroxylation is 2. The van der Waals surface area contributed by atoms with Gasteiger partial charge in [-0.05, 0) is 50.5 Å². The lowest BCUT2D eigenvalue weighted by Crippen LogP contribution is -2.29. The third-order valence-corrected chi connectivity index (χ3v) is 4.00. The molecule has 1 fully saturated rings. The maximum absolute atomic E-state index is 13.9. The van der Waals surface area contributed by atoms with E-state index in [9.17, 15) is 13.6 Å². The molecule has 0 bridgehead atoms. The van der Waals surface area contributed by atoms with Gasteiger partial charge in [-0.25, -0.2) is 8.78 Å². The van der Waals surface area contributed by atoms with Crippen molar-refractivity contribution in [2.24, 2.45) is 0 Å². The van der Waals surface area contributed by atoms with E-state index in [4.69, 9.17) is 0 Å². The van der Waals surface area contributed by atoms with Gasteiger partial charge in [0.05, 0.1) is 6.54 Å². The highest BCUT2D eigenvalue weighted by Crippen LogP contribution is 2.23. The van der Waals surface area contributed by atoms with E-state index in [1.807, 2.05) is 19.9 Å². The zero-order chi connectivity index (χ0) is 15.9. The summed E-state index contributed by atoms with van der Waals surface area (Å²) in [6, 6.07) is 5.89. The summed E-state index contributed by atoms with van der Waals surface area (Å²) in [5.74, 6) is -1.37. The molecule has 0 radical (unpaired) electrons. The topological polar surface area (TPSA) is 34.0 Å². The largest absolute Gasteiger partial charge is 0.348 e. The highest BCUT2D eigenvalue weighted by atomic mass is 19.1. The highest BCUT2D eigenvalue weighted by Gasteiger charge is 2.27. The van der Waals surface area contributed by atoms with Gasteiger partial charge in [0, 0.05) is 17.3 Å². The van der Waals surface area contributed by atoms with Crippen LogP contribution in [0.2, 0.25) is 0 Å². The second-order valence-corrected chi connectivity index (χ2v) is 5.85.